The van der Waals surface area contributed by atoms with E-state index in [1.54, 1.807) is 0 Å². The number of aliphatic hydroxyl groups excluding tert-OH is 1. The maximum atomic E-state index is 12.2. The van der Waals surface area contributed by atoms with Crippen molar-refractivity contribution in [1.82, 2.24) is 10.6 Å². The largest absolute Gasteiger partial charge is 0.396 e. The van der Waals surface area contributed by atoms with E-state index in [1.807, 2.05) is 6.92 Å². The van der Waals surface area contributed by atoms with Crippen LogP contribution in [0, 0.1) is 0 Å². The van der Waals surface area contributed by atoms with Crippen LogP contribution in [-0.2, 0) is 38.1 Å². The molecule has 1 heterocycles. The van der Waals surface area contributed by atoms with Crippen LogP contribution in [0.3, 0.4) is 0 Å². The average Bonchev–Trinajstić information content (AvgIpc) is 2.75. The minimum Gasteiger partial charge on any atom is -0.396 e. The van der Waals surface area contributed by atoms with Gasteiger partial charge in [-0.15, -0.1) is 0 Å². The summed E-state index contributed by atoms with van der Waals surface area (Å²) >= 11 is 0. The Morgan fingerprint density at radius 1 is 1.06 bits per heavy atom. The Balaban J connectivity index is 2.57. The van der Waals surface area contributed by atoms with Crippen LogP contribution in [0.1, 0.15) is 39.5 Å². The highest BCUT2D eigenvalue weighted by Crippen LogP contribution is 2.27. The predicted octanol–water partition coefficient (Wildman–Crippen LogP) is -0.463. The number of rotatable bonds is 16. The smallest absolute Gasteiger partial charge is 0.246 e. The van der Waals surface area contributed by atoms with Gasteiger partial charge in [-0.05, 0) is 12.8 Å². The summed E-state index contributed by atoms with van der Waals surface area (Å²) in [6, 6.07) is -0.727. The summed E-state index contributed by atoms with van der Waals surface area (Å²) in [4.78, 5) is 35.7. The lowest BCUT2D eigenvalue weighted by Crippen LogP contribution is -2.65. The summed E-state index contributed by atoms with van der Waals surface area (Å²) in [5.74, 6) is -0.744. The van der Waals surface area contributed by atoms with Crippen molar-refractivity contribution in [1.29, 1.82) is 0 Å². The minimum absolute atomic E-state index is 0.00375. The quantitative estimate of drug-likeness (QED) is 0.260. The van der Waals surface area contributed by atoms with E-state index < -0.39 is 36.6 Å². The highest BCUT2D eigenvalue weighted by molar-refractivity contribution is 5.80. The zero-order valence-corrected chi connectivity index (χ0v) is 19.5. The Hall–Kier alpha value is -1.63. The zero-order valence-electron chi connectivity index (χ0n) is 19.5. The summed E-state index contributed by atoms with van der Waals surface area (Å²) in [5.41, 5.74) is 0. The van der Waals surface area contributed by atoms with Crippen LogP contribution in [0.25, 0.3) is 0 Å². The van der Waals surface area contributed by atoms with Gasteiger partial charge in [-0.25, -0.2) is 0 Å². The van der Waals surface area contributed by atoms with E-state index in [9.17, 15) is 19.5 Å². The van der Waals surface area contributed by atoms with Crippen molar-refractivity contribution in [2.24, 2.45) is 0 Å². The van der Waals surface area contributed by atoms with Gasteiger partial charge in [0, 0.05) is 53.7 Å². The number of Topliss-reactive ketones (excluding diaryl/α,β-unsaturated/α-hetero) is 1. The van der Waals surface area contributed by atoms with Crippen molar-refractivity contribution in [2.45, 2.75) is 70.2 Å². The first-order valence-electron chi connectivity index (χ1n) is 10.9. The highest BCUT2D eigenvalue weighted by atomic mass is 16.7. The van der Waals surface area contributed by atoms with Gasteiger partial charge >= 0.3 is 0 Å². The second-order valence-corrected chi connectivity index (χ2v) is 7.49. The third kappa shape index (κ3) is 9.88. The Bertz CT molecular complexity index is 575. The summed E-state index contributed by atoms with van der Waals surface area (Å²) in [5, 5.41) is 14.7. The first kappa shape index (κ1) is 28.4. The second kappa shape index (κ2) is 16.1. The van der Waals surface area contributed by atoms with E-state index in [0.717, 1.165) is 6.42 Å². The predicted molar refractivity (Wildman–Crippen MR) is 114 cm³/mol. The molecule has 5 atom stereocenters. The molecular formula is C21H38N2O9. The number of nitrogens with one attached hydrogen (secondary N) is 2. The summed E-state index contributed by atoms with van der Waals surface area (Å²) in [7, 11) is 2.96. The van der Waals surface area contributed by atoms with E-state index in [1.165, 1.54) is 21.1 Å². The zero-order chi connectivity index (χ0) is 23.9. The summed E-state index contributed by atoms with van der Waals surface area (Å²) in [6.45, 7) is 4.06. The van der Waals surface area contributed by atoms with Gasteiger partial charge in [-0.2, -0.15) is 0 Å². The van der Waals surface area contributed by atoms with Crippen LogP contribution in [0.15, 0.2) is 0 Å². The minimum atomic E-state index is -0.991. The number of ketones is 1. The SMILES string of the molecule is CCCOCCC(=O)CCNC(=O)COC1OC(CCO)C(OC)C(OC)C1NC(C)=O. The fraction of sp³-hybridized carbons (Fsp3) is 0.857. The molecule has 1 aliphatic rings. The van der Waals surface area contributed by atoms with Gasteiger partial charge in [-0.3, -0.25) is 14.4 Å². The fourth-order valence-electron chi connectivity index (χ4n) is 3.47. The maximum absolute atomic E-state index is 12.2. The first-order valence-corrected chi connectivity index (χ1v) is 10.9. The molecule has 5 unspecified atom stereocenters. The average molecular weight is 463 g/mol. The van der Waals surface area contributed by atoms with Gasteiger partial charge in [0.15, 0.2) is 6.29 Å². The molecule has 1 rings (SSSR count). The maximum Gasteiger partial charge on any atom is 0.246 e. The van der Waals surface area contributed by atoms with Crippen LogP contribution in [0.2, 0.25) is 0 Å². The number of methoxy groups -OCH3 is 2. The number of amides is 2. The lowest BCUT2D eigenvalue weighted by atomic mass is 9.94. The number of aliphatic hydroxyl groups is 1. The van der Waals surface area contributed by atoms with Gasteiger partial charge in [0.1, 0.15) is 30.6 Å². The molecule has 0 aromatic heterocycles. The third-order valence-corrected chi connectivity index (χ3v) is 4.95. The van der Waals surface area contributed by atoms with Crippen molar-refractivity contribution in [3.05, 3.63) is 0 Å². The van der Waals surface area contributed by atoms with E-state index in [-0.39, 0.29) is 44.3 Å². The molecule has 1 aliphatic heterocycles. The molecule has 2 amide bonds. The van der Waals surface area contributed by atoms with Crippen LogP contribution in [-0.4, -0.2) is 101 Å². The van der Waals surface area contributed by atoms with Crippen LogP contribution < -0.4 is 10.6 Å². The Labute approximate surface area is 189 Å². The number of hydrogen-bond donors (Lipinski definition) is 3. The highest BCUT2D eigenvalue weighted by Gasteiger charge is 2.47. The molecule has 32 heavy (non-hydrogen) atoms. The molecule has 0 spiro atoms. The summed E-state index contributed by atoms with van der Waals surface area (Å²) < 4.78 is 27.8. The van der Waals surface area contributed by atoms with Gasteiger partial charge in [0.05, 0.1) is 12.7 Å². The van der Waals surface area contributed by atoms with Crippen LogP contribution >= 0.6 is 0 Å². The molecule has 0 aliphatic carbocycles. The number of hydrogen-bond acceptors (Lipinski definition) is 9. The van der Waals surface area contributed by atoms with Gasteiger partial charge < -0.3 is 39.4 Å². The fourth-order valence-corrected chi connectivity index (χ4v) is 3.47. The molecule has 0 saturated carbocycles. The van der Waals surface area contributed by atoms with E-state index in [0.29, 0.717) is 19.6 Å². The molecule has 3 N–H and O–H groups in total. The molecule has 11 nitrogen and oxygen atoms in total. The Kier molecular flexibility index (Phi) is 14.3. The van der Waals surface area contributed by atoms with Crippen molar-refractivity contribution in [2.75, 3.05) is 47.2 Å². The Morgan fingerprint density at radius 3 is 2.38 bits per heavy atom. The Morgan fingerprint density at radius 2 is 1.78 bits per heavy atom. The molecule has 0 aromatic rings. The molecular weight excluding hydrogens is 424 g/mol. The first-order chi connectivity index (χ1) is 15.4. The van der Waals surface area contributed by atoms with E-state index in [2.05, 4.69) is 10.6 Å². The molecule has 1 fully saturated rings. The molecule has 0 bridgehead atoms. The third-order valence-electron chi connectivity index (χ3n) is 4.95. The normalized spacial score (nSPS) is 25.3. The van der Waals surface area contributed by atoms with Gasteiger partial charge in [-0.1, -0.05) is 6.92 Å². The molecule has 0 aromatic carbocycles. The van der Waals surface area contributed by atoms with E-state index in [4.69, 9.17) is 23.7 Å². The number of carbonyl (C=O) groups excluding carboxylic acids is 3. The standard InChI is InChI=1S/C21H38N2O9/c1-5-11-30-12-8-15(26)6-9-22-17(27)13-31-21-18(23-14(2)25)20(29-4)19(28-3)16(32-21)7-10-24/h16,18-21,24H,5-13H2,1-4H3,(H,22,27)(H,23,25). The number of ether oxygens (including phenoxy) is 5. The second-order valence-electron chi connectivity index (χ2n) is 7.49. The van der Waals surface area contributed by atoms with Crippen molar-refractivity contribution >= 4 is 17.6 Å². The number of carbonyl (C=O) groups is 3. The van der Waals surface area contributed by atoms with Crippen molar-refractivity contribution < 1.29 is 43.2 Å². The molecule has 1 saturated heterocycles. The monoisotopic (exact) mass is 462 g/mol. The van der Waals surface area contributed by atoms with Crippen LogP contribution in [0.5, 0.6) is 0 Å². The topological polar surface area (TPSA) is 142 Å². The lowest BCUT2D eigenvalue weighted by Gasteiger charge is -2.45. The molecule has 186 valence electrons. The summed E-state index contributed by atoms with van der Waals surface area (Å²) in [6.07, 6.45) is -1.03. The lowest BCUT2D eigenvalue weighted by molar-refractivity contribution is -0.273. The van der Waals surface area contributed by atoms with Crippen molar-refractivity contribution in [3.8, 4) is 0 Å². The van der Waals surface area contributed by atoms with Crippen molar-refractivity contribution in [3.63, 3.8) is 0 Å². The van der Waals surface area contributed by atoms with Gasteiger partial charge in [0.2, 0.25) is 11.8 Å². The molecule has 0 radical (unpaired) electrons. The van der Waals surface area contributed by atoms with Gasteiger partial charge in [0.25, 0.3) is 0 Å². The van der Waals surface area contributed by atoms with Crippen LogP contribution in [0.4, 0.5) is 0 Å². The molecule has 11 heteroatoms. The van der Waals surface area contributed by atoms with E-state index >= 15 is 0 Å².